The normalized spacial score (nSPS) is 21.6. The molecule has 4 N–H and O–H groups in total. The number of rotatable bonds is 5. The van der Waals surface area contributed by atoms with Gasteiger partial charge in [0.05, 0.1) is 0 Å². The number of nitrogens with two attached hydrogens (primary N) is 1. The third-order valence-electron chi connectivity index (χ3n) is 3.87. The summed E-state index contributed by atoms with van der Waals surface area (Å²) in [6, 6.07) is 7.12. The summed E-state index contributed by atoms with van der Waals surface area (Å²) in [4.78, 5) is 22.8. The van der Waals surface area contributed by atoms with Gasteiger partial charge in [0.25, 0.3) is 0 Å². The Morgan fingerprint density at radius 3 is 2.90 bits per heavy atom. The zero-order chi connectivity index (χ0) is 15.2. The molecule has 0 heterocycles. The predicted octanol–water partition coefficient (Wildman–Crippen LogP) is 2.10. The van der Waals surface area contributed by atoms with Gasteiger partial charge in [0.2, 0.25) is 5.91 Å². The summed E-state index contributed by atoms with van der Waals surface area (Å²) in [7, 11) is 0. The van der Waals surface area contributed by atoms with Crippen LogP contribution in [0.5, 0.6) is 0 Å². The summed E-state index contributed by atoms with van der Waals surface area (Å²) < 4.78 is 0. The molecule has 0 aromatic heterocycles. The first-order chi connectivity index (χ1) is 10.1. The molecule has 0 saturated heterocycles. The summed E-state index contributed by atoms with van der Waals surface area (Å²) in [5, 5.41) is 11.5. The van der Waals surface area contributed by atoms with Crippen molar-refractivity contribution in [1.82, 2.24) is 0 Å². The number of hydrogen-bond acceptors (Lipinski definition) is 3. The van der Waals surface area contributed by atoms with Crippen LogP contribution in [-0.4, -0.2) is 23.5 Å². The first-order valence-electron chi connectivity index (χ1n) is 7.12. The molecule has 1 aromatic rings. The van der Waals surface area contributed by atoms with Gasteiger partial charge in [-0.2, -0.15) is 0 Å². The van der Waals surface area contributed by atoms with E-state index in [-0.39, 0.29) is 17.7 Å². The smallest absolute Gasteiger partial charge is 0.328 e. The molecule has 1 aliphatic carbocycles. The molecule has 1 amide bonds. The first-order valence-corrected chi connectivity index (χ1v) is 7.12. The van der Waals surface area contributed by atoms with Gasteiger partial charge in [0, 0.05) is 17.7 Å². The van der Waals surface area contributed by atoms with Crippen molar-refractivity contribution in [2.24, 2.45) is 17.6 Å². The maximum Gasteiger partial charge on any atom is 0.328 e. The van der Waals surface area contributed by atoms with Gasteiger partial charge in [0.15, 0.2) is 0 Å². The molecule has 0 bridgehead atoms. The Labute approximate surface area is 123 Å². The van der Waals surface area contributed by atoms with Crippen LogP contribution in [0.2, 0.25) is 0 Å². The van der Waals surface area contributed by atoms with E-state index in [2.05, 4.69) is 5.32 Å². The van der Waals surface area contributed by atoms with Gasteiger partial charge in [0.1, 0.15) is 0 Å². The Hall–Kier alpha value is -2.14. The Balaban J connectivity index is 2.04. The zero-order valence-electron chi connectivity index (χ0n) is 11.8. The molecular weight excluding hydrogens is 268 g/mol. The maximum absolute atomic E-state index is 12.3. The number of hydrogen-bond donors (Lipinski definition) is 3. The lowest BCUT2D eigenvalue weighted by Crippen LogP contribution is -2.29. The molecule has 0 spiro atoms. The van der Waals surface area contributed by atoms with E-state index in [0.717, 1.165) is 30.9 Å². The minimum atomic E-state index is -0.999. The molecular formula is C16H20N2O3. The Morgan fingerprint density at radius 1 is 1.38 bits per heavy atom. The Morgan fingerprint density at radius 2 is 2.19 bits per heavy atom. The molecule has 1 saturated carbocycles. The van der Waals surface area contributed by atoms with Crippen LogP contribution < -0.4 is 11.1 Å². The molecule has 5 nitrogen and oxygen atoms in total. The summed E-state index contributed by atoms with van der Waals surface area (Å²) >= 11 is 0. The SMILES string of the molecule is NCC1CCCC1C(=O)Nc1cccc(/C=C/C(=O)O)c1. The topological polar surface area (TPSA) is 92.4 Å². The predicted molar refractivity (Wildman–Crippen MR) is 81.6 cm³/mol. The van der Waals surface area contributed by atoms with Gasteiger partial charge in [-0.1, -0.05) is 18.6 Å². The number of carbonyl (C=O) groups is 2. The van der Waals surface area contributed by atoms with Gasteiger partial charge in [-0.15, -0.1) is 0 Å². The number of carbonyl (C=O) groups excluding carboxylic acids is 1. The first kappa shape index (κ1) is 15.3. The second-order valence-electron chi connectivity index (χ2n) is 5.32. The Bertz CT molecular complexity index is 554. The number of nitrogens with one attached hydrogen (secondary N) is 1. The van der Waals surface area contributed by atoms with Crippen LogP contribution in [0.4, 0.5) is 5.69 Å². The Kier molecular flexibility index (Phi) is 5.11. The van der Waals surface area contributed by atoms with Crippen molar-refractivity contribution in [1.29, 1.82) is 0 Å². The summed E-state index contributed by atoms with van der Waals surface area (Å²) in [6.45, 7) is 0.541. The van der Waals surface area contributed by atoms with Gasteiger partial charge in [-0.25, -0.2) is 4.79 Å². The highest BCUT2D eigenvalue weighted by Gasteiger charge is 2.31. The van der Waals surface area contributed by atoms with Crippen molar-refractivity contribution in [3.8, 4) is 0 Å². The quantitative estimate of drug-likeness (QED) is 0.723. The number of carboxylic acid groups (broad SMARTS) is 1. The number of amides is 1. The van der Waals surface area contributed by atoms with Gasteiger partial charge in [-0.3, -0.25) is 4.79 Å². The van der Waals surface area contributed by atoms with Crippen LogP contribution in [0, 0.1) is 11.8 Å². The third kappa shape index (κ3) is 4.16. The van der Waals surface area contributed by atoms with Crippen molar-refractivity contribution in [3.05, 3.63) is 35.9 Å². The molecule has 5 heteroatoms. The summed E-state index contributed by atoms with van der Waals surface area (Å²) in [5.41, 5.74) is 7.11. The van der Waals surface area contributed by atoms with E-state index in [1.54, 1.807) is 24.3 Å². The van der Waals surface area contributed by atoms with Crippen molar-refractivity contribution in [2.75, 3.05) is 11.9 Å². The van der Waals surface area contributed by atoms with Crippen LogP contribution in [0.25, 0.3) is 6.08 Å². The van der Waals surface area contributed by atoms with Crippen LogP contribution in [0.1, 0.15) is 24.8 Å². The average Bonchev–Trinajstić information content (AvgIpc) is 2.94. The molecule has 1 fully saturated rings. The molecule has 0 aliphatic heterocycles. The molecule has 2 rings (SSSR count). The van der Waals surface area contributed by atoms with E-state index >= 15 is 0 Å². The third-order valence-corrected chi connectivity index (χ3v) is 3.87. The van der Waals surface area contributed by atoms with Crippen molar-refractivity contribution in [2.45, 2.75) is 19.3 Å². The van der Waals surface area contributed by atoms with E-state index in [1.165, 1.54) is 6.08 Å². The minimum absolute atomic E-state index is 0.00214. The number of anilines is 1. The van der Waals surface area contributed by atoms with Crippen molar-refractivity contribution < 1.29 is 14.7 Å². The summed E-state index contributed by atoms with van der Waals surface area (Å²) in [5.74, 6) is -0.753. The van der Waals surface area contributed by atoms with Crippen molar-refractivity contribution >= 4 is 23.6 Å². The van der Waals surface area contributed by atoms with E-state index in [1.807, 2.05) is 0 Å². The van der Waals surface area contributed by atoms with Crippen LogP contribution >= 0.6 is 0 Å². The van der Waals surface area contributed by atoms with Gasteiger partial charge >= 0.3 is 5.97 Å². The fourth-order valence-corrected chi connectivity index (χ4v) is 2.79. The second kappa shape index (κ2) is 7.04. The van der Waals surface area contributed by atoms with Crippen LogP contribution in [0.15, 0.2) is 30.3 Å². The van der Waals surface area contributed by atoms with Gasteiger partial charge in [-0.05, 0) is 49.1 Å². The fourth-order valence-electron chi connectivity index (χ4n) is 2.79. The lowest BCUT2D eigenvalue weighted by molar-refractivity contribution is -0.131. The van der Waals surface area contributed by atoms with Crippen LogP contribution in [0.3, 0.4) is 0 Å². The zero-order valence-corrected chi connectivity index (χ0v) is 11.8. The van der Waals surface area contributed by atoms with E-state index in [0.29, 0.717) is 12.2 Å². The highest BCUT2D eigenvalue weighted by atomic mass is 16.4. The second-order valence-corrected chi connectivity index (χ2v) is 5.32. The lowest BCUT2D eigenvalue weighted by Gasteiger charge is -2.17. The van der Waals surface area contributed by atoms with E-state index < -0.39 is 5.97 Å². The molecule has 112 valence electrons. The molecule has 1 aromatic carbocycles. The summed E-state index contributed by atoms with van der Waals surface area (Å²) in [6.07, 6.45) is 5.50. The highest BCUT2D eigenvalue weighted by Crippen LogP contribution is 2.31. The monoisotopic (exact) mass is 288 g/mol. The maximum atomic E-state index is 12.3. The number of carboxylic acids is 1. The van der Waals surface area contributed by atoms with Crippen molar-refractivity contribution in [3.63, 3.8) is 0 Å². The molecule has 2 atom stereocenters. The average molecular weight is 288 g/mol. The largest absolute Gasteiger partial charge is 0.478 e. The molecule has 0 radical (unpaired) electrons. The fraction of sp³-hybridized carbons (Fsp3) is 0.375. The molecule has 21 heavy (non-hydrogen) atoms. The molecule has 2 unspecified atom stereocenters. The van der Waals surface area contributed by atoms with E-state index in [9.17, 15) is 9.59 Å². The van der Waals surface area contributed by atoms with E-state index in [4.69, 9.17) is 10.8 Å². The number of aliphatic carboxylic acids is 1. The molecule has 1 aliphatic rings. The highest BCUT2D eigenvalue weighted by molar-refractivity contribution is 5.93. The number of benzene rings is 1. The standard InChI is InChI=1S/C16H20N2O3/c17-10-12-4-2-6-14(12)16(21)18-13-5-1-3-11(9-13)7-8-15(19)20/h1,3,5,7-9,12,14H,2,4,6,10,17H2,(H,18,21)(H,19,20)/b8-7+. The van der Waals surface area contributed by atoms with Gasteiger partial charge < -0.3 is 16.2 Å². The lowest BCUT2D eigenvalue weighted by atomic mass is 9.95. The van der Waals surface area contributed by atoms with Crippen LogP contribution in [-0.2, 0) is 9.59 Å². The minimum Gasteiger partial charge on any atom is -0.478 e.